The van der Waals surface area contributed by atoms with Gasteiger partial charge in [0.2, 0.25) is 11.8 Å². The van der Waals surface area contributed by atoms with Crippen molar-refractivity contribution < 1.29 is 14.3 Å². The van der Waals surface area contributed by atoms with E-state index < -0.39 is 0 Å². The summed E-state index contributed by atoms with van der Waals surface area (Å²) < 4.78 is 5.24. The highest BCUT2D eigenvalue weighted by atomic mass is 32.1. The van der Waals surface area contributed by atoms with E-state index in [9.17, 15) is 9.59 Å². The Balaban J connectivity index is 1.31. The van der Waals surface area contributed by atoms with Crippen LogP contribution in [0.5, 0.6) is 0 Å². The Morgan fingerprint density at radius 3 is 2.71 bits per heavy atom. The van der Waals surface area contributed by atoms with Crippen molar-refractivity contribution in [3.8, 4) is 11.3 Å². The van der Waals surface area contributed by atoms with Crippen LogP contribution in [-0.2, 0) is 27.2 Å². The van der Waals surface area contributed by atoms with Gasteiger partial charge in [0.1, 0.15) is 0 Å². The third kappa shape index (κ3) is 4.59. The number of thiazole rings is 1. The van der Waals surface area contributed by atoms with Crippen molar-refractivity contribution in [2.24, 2.45) is 0 Å². The lowest BCUT2D eigenvalue weighted by molar-refractivity contribution is -0.136. The van der Waals surface area contributed by atoms with E-state index in [0.29, 0.717) is 31.4 Å². The number of rotatable bonds is 5. The summed E-state index contributed by atoms with van der Waals surface area (Å²) in [7, 11) is 0. The summed E-state index contributed by atoms with van der Waals surface area (Å²) in [6, 6.07) is 6.56. The number of carbonyl (C=O) groups excluding carboxylic acids is 2. The molecule has 2 aromatic rings. The molecule has 0 saturated carbocycles. The predicted molar refractivity (Wildman–Crippen MR) is 109 cm³/mol. The van der Waals surface area contributed by atoms with E-state index in [4.69, 9.17) is 4.74 Å². The first-order chi connectivity index (χ1) is 13.7. The smallest absolute Gasteiger partial charge is 0.226 e. The first-order valence-corrected chi connectivity index (χ1v) is 10.8. The summed E-state index contributed by atoms with van der Waals surface area (Å²) in [5.74, 6) is -0.166. The second-order valence-electron chi connectivity index (χ2n) is 7.27. The Morgan fingerprint density at radius 2 is 1.89 bits per heavy atom. The van der Waals surface area contributed by atoms with Crippen LogP contribution in [0.1, 0.15) is 36.8 Å². The average Bonchev–Trinajstić information content (AvgIpc) is 3.20. The lowest BCUT2D eigenvalue weighted by Gasteiger charge is -2.26. The molecule has 1 aliphatic heterocycles. The molecule has 1 aromatic heterocycles. The first kappa shape index (κ1) is 19.1. The van der Waals surface area contributed by atoms with Crippen molar-refractivity contribution in [2.75, 3.05) is 31.6 Å². The Kier molecular flexibility index (Phi) is 6.02. The Labute approximate surface area is 168 Å². The van der Waals surface area contributed by atoms with E-state index in [2.05, 4.69) is 28.5 Å². The van der Waals surface area contributed by atoms with Crippen LogP contribution in [0.15, 0.2) is 23.6 Å². The standard InChI is InChI=1S/C21H25N3O3S/c25-19(7-8-20(26)24-9-11-27-12-10-24)23-21-22-18(14-28-21)17-6-5-15-3-1-2-4-16(15)13-17/h5-6,13-14H,1-4,7-12H2,(H,22,23,25). The third-order valence-corrected chi connectivity index (χ3v) is 6.08. The zero-order valence-electron chi connectivity index (χ0n) is 15.9. The fraction of sp³-hybridized carbons (Fsp3) is 0.476. The molecular weight excluding hydrogens is 374 g/mol. The van der Waals surface area contributed by atoms with Gasteiger partial charge in [-0.1, -0.05) is 12.1 Å². The molecule has 0 radical (unpaired) electrons. The van der Waals surface area contributed by atoms with Gasteiger partial charge in [0, 0.05) is 36.9 Å². The third-order valence-electron chi connectivity index (χ3n) is 5.32. The summed E-state index contributed by atoms with van der Waals surface area (Å²) in [6.07, 6.45) is 5.20. The molecule has 2 heterocycles. The van der Waals surface area contributed by atoms with Crippen LogP contribution in [0.3, 0.4) is 0 Å². The number of benzene rings is 1. The number of hydrogen-bond donors (Lipinski definition) is 1. The normalized spacial score (nSPS) is 16.5. The molecule has 1 aliphatic carbocycles. The molecule has 0 atom stereocenters. The molecule has 0 spiro atoms. The highest BCUT2D eigenvalue weighted by Crippen LogP contribution is 2.29. The maximum atomic E-state index is 12.2. The zero-order valence-corrected chi connectivity index (χ0v) is 16.7. The molecular formula is C21H25N3O3S. The van der Waals surface area contributed by atoms with Crippen molar-refractivity contribution in [2.45, 2.75) is 38.5 Å². The van der Waals surface area contributed by atoms with Gasteiger partial charge in [-0.05, 0) is 42.9 Å². The number of ether oxygens (including phenoxy) is 1. The van der Waals surface area contributed by atoms with E-state index in [-0.39, 0.29) is 24.7 Å². The monoisotopic (exact) mass is 399 g/mol. The van der Waals surface area contributed by atoms with Gasteiger partial charge in [0.05, 0.1) is 18.9 Å². The average molecular weight is 400 g/mol. The van der Waals surface area contributed by atoms with Gasteiger partial charge in [0.25, 0.3) is 0 Å². The van der Waals surface area contributed by atoms with E-state index in [1.807, 2.05) is 5.38 Å². The highest BCUT2D eigenvalue weighted by molar-refractivity contribution is 7.14. The molecule has 1 N–H and O–H groups in total. The molecule has 1 aromatic carbocycles. The van der Waals surface area contributed by atoms with Gasteiger partial charge in [-0.15, -0.1) is 11.3 Å². The van der Waals surface area contributed by atoms with Gasteiger partial charge in [-0.3, -0.25) is 9.59 Å². The molecule has 1 fully saturated rings. The van der Waals surface area contributed by atoms with E-state index >= 15 is 0 Å². The lowest BCUT2D eigenvalue weighted by atomic mass is 9.90. The van der Waals surface area contributed by atoms with Crippen molar-refractivity contribution >= 4 is 28.3 Å². The summed E-state index contributed by atoms with van der Waals surface area (Å²) in [5, 5.41) is 5.38. The molecule has 2 amide bonds. The Morgan fingerprint density at radius 1 is 1.11 bits per heavy atom. The van der Waals surface area contributed by atoms with Crippen molar-refractivity contribution in [3.63, 3.8) is 0 Å². The number of amides is 2. The lowest BCUT2D eigenvalue weighted by Crippen LogP contribution is -2.40. The SMILES string of the molecule is O=C(CCC(=O)N1CCOCC1)Nc1nc(-c2ccc3c(c2)CCCC3)cs1. The molecule has 0 unspecified atom stereocenters. The predicted octanol–water partition coefficient (Wildman–Crippen LogP) is 3.27. The van der Waals surface area contributed by atoms with Crippen LogP contribution in [0, 0.1) is 0 Å². The molecule has 0 bridgehead atoms. The number of nitrogens with zero attached hydrogens (tertiary/aromatic N) is 2. The number of anilines is 1. The molecule has 6 nitrogen and oxygen atoms in total. The van der Waals surface area contributed by atoms with Gasteiger partial charge in [0.15, 0.2) is 5.13 Å². The molecule has 2 aliphatic rings. The van der Waals surface area contributed by atoms with E-state index in [1.165, 1.54) is 35.3 Å². The maximum absolute atomic E-state index is 12.2. The fourth-order valence-electron chi connectivity index (χ4n) is 3.73. The topological polar surface area (TPSA) is 71.5 Å². The number of hydrogen-bond acceptors (Lipinski definition) is 5. The van der Waals surface area contributed by atoms with Gasteiger partial charge in [-0.25, -0.2) is 4.98 Å². The molecule has 148 valence electrons. The van der Waals surface area contributed by atoms with E-state index in [1.54, 1.807) is 4.90 Å². The second kappa shape index (κ2) is 8.84. The van der Waals surface area contributed by atoms with Crippen molar-refractivity contribution in [3.05, 3.63) is 34.7 Å². The minimum absolute atomic E-state index is 0.00679. The van der Waals surface area contributed by atoms with E-state index in [0.717, 1.165) is 24.1 Å². The molecule has 4 rings (SSSR count). The maximum Gasteiger partial charge on any atom is 0.226 e. The van der Waals surface area contributed by atoms with Crippen LogP contribution in [0.25, 0.3) is 11.3 Å². The van der Waals surface area contributed by atoms with Crippen LogP contribution < -0.4 is 5.32 Å². The van der Waals surface area contributed by atoms with Crippen LogP contribution in [-0.4, -0.2) is 48.0 Å². The van der Waals surface area contributed by atoms with Gasteiger partial charge < -0.3 is 15.0 Å². The number of carbonyl (C=O) groups is 2. The zero-order chi connectivity index (χ0) is 19.3. The number of fused-ring (bicyclic) bond motifs is 1. The summed E-state index contributed by atoms with van der Waals surface area (Å²) in [4.78, 5) is 30.7. The minimum atomic E-state index is -0.173. The van der Waals surface area contributed by atoms with Gasteiger partial charge >= 0.3 is 0 Å². The highest BCUT2D eigenvalue weighted by Gasteiger charge is 2.18. The van der Waals surface area contributed by atoms with Crippen LogP contribution in [0.2, 0.25) is 0 Å². The fourth-order valence-corrected chi connectivity index (χ4v) is 4.47. The molecule has 1 saturated heterocycles. The number of aromatic nitrogens is 1. The summed E-state index contributed by atoms with van der Waals surface area (Å²) in [6.45, 7) is 2.36. The number of aryl methyl sites for hydroxylation is 2. The Bertz CT molecular complexity index is 858. The first-order valence-electron chi connectivity index (χ1n) is 9.92. The second-order valence-corrected chi connectivity index (χ2v) is 8.13. The molecule has 7 heteroatoms. The van der Waals surface area contributed by atoms with Crippen LogP contribution in [0.4, 0.5) is 5.13 Å². The number of morpholine rings is 1. The summed E-state index contributed by atoms with van der Waals surface area (Å²) >= 11 is 1.42. The quantitative estimate of drug-likeness (QED) is 0.838. The molecule has 28 heavy (non-hydrogen) atoms. The summed E-state index contributed by atoms with van der Waals surface area (Å²) in [5.41, 5.74) is 4.85. The van der Waals surface area contributed by atoms with Crippen LogP contribution >= 0.6 is 11.3 Å². The van der Waals surface area contributed by atoms with Crippen molar-refractivity contribution in [1.29, 1.82) is 0 Å². The Hall–Kier alpha value is -2.25. The van der Waals surface area contributed by atoms with Gasteiger partial charge in [-0.2, -0.15) is 0 Å². The number of nitrogens with one attached hydrogen (secondary N) is 1. The van der Waals surface area contributed by atoms with Crippen molar-refractivity contribution in [1.82, 2.24) is 9.88 Å². The minimum Gasteiger partial charge on any atom is -0.378 e. The largest absolute Gasteiger partial charge is 0.378 e.